The molecule has 1 aliphatic rings. The maximum atomic E-state index is 13.7. The Morgan fingerprint density at radius 2 is 1.71 bits per heavy atom. The summed E-state index contributed by atoms with van der Waals surface area (Å²) in [5.74, 6) is -0.596. The van der Waals surface area contributed by atoms with E-state index in [1.165, 1.54) is 16.6 Å². The number of hydrogen-bond acceptors (Lipinski definition) is 7. The smallest absolute Gasteiger partial charge is 0.361 e. The highest BCUT2D eigenvalue weighted by molar-refractivity contribution is 8.00. The molecule has 0 spiro atoms. The highest BCUT2D eigenvalue weighted by Gasteiger charge is 2.47. The first kappa shape index (κ1) is 21.1. The number of esters is 1. The SMILES string of the molecule is CCOC(=O)c1nnn2c1S[C@H](C(=O)c1ccc(C)cc1)[C@@](C)(c1ccc(C)cc1)N2. The van der Waals surface area contributed by atoms with Crippen LogP contribution in [-0.4, -0.2) is 38.7 Å². The molecule has 1 aromatic heterocycles. The first-order valence-corrected chi connectivity index (χ1v) is 11.0. The molecule has 0 saturated heterocycles. The third-order valence-electron chi connectivity index (χ3n) is 5.42. The van der Waals surface area contributed by atoms with E-state index in [4.69, 9.17) is 4.74 Å². The predicted octanol–water partition coefficient (Wildman–Crippen LogP) is 3.89. The molecule has 0 aliphatic carbocycles. The van der Waals surface area contributed by atoms with Crippen molar-refractivity contribution in [3.05, 3.63) is 76.5 Å². The molecule has 2 aromatic carbocycles. The Balaban J connectivity index is 1.81. The third kappa shape index (κ3) is 3.83. The predicted molar refractivity (Wildman–Crippen MR) is 119 cm³/mol. The number of nitrogens with one attached hydrogen (secondary N) is 1. The number of ketones is 1. The van der Waals surface area contributed by atoms with Gasteiger partial charge < -0.3 is 4.74 Å². The number of rotatable bonds is 5. The fourth-order valence-electron chi connectivity index (χ4n) is 3.59. The number of carbonyl (C=O) groups excluding carboxylic acids is 2. The van der Waals surface area contributed by atoms with Gasteiger partial charge in [-0.1, -0.05) is 71.4 Å². The number of benzene rings is 2. The molecule has 2 heterocycles. The van der Waals surface area contributed by atoms with Gasteiger partial charge in [-0.25, -0.2) is 4.79 Å². The average molecular weight is 437 g/mol. The van der Waals surface area contributed by atoms with E-state index in [0.717, 1.165) is 16.7 Å². The second kappa shape index (κ2) is 8.19. The molecule has 1 N–H and O–H groups in total. The van der Waals surface area contributed by atoms with Crippen molar-refractivity contribution in [3.63, 3.8) is 0 Å². The third-order valence-corrected chi connectivity index (χ3v) is 6.93. The quantitative estimate of drug-likeness (QED) is 0.480. The second-order valence-electron chi connectivity index (χ2n) is 7.78. The summed E-state index contributed by atoms with van der Waals surface area (Å²) in [5, 5.41) is 8.02. The van der Waals surface area contributed by atoms with Crippen LogP contribution in [0.5, 0.6) is 0 Å². The number of thioether (sulfide) groups is 1. The van der Waals surface area contributed by atoms with Crippen LogP contribution in [0.25, 0.3) is 0 Å². The van der Waals surface area contributed by atoms with Gasteiger partial charge in [0.25, 0.3) is 0 Å². The van der Waals surface area contributed by atoms with E-state index in [9.17, 15) is 9.59 Å². The van der Waals surface area contributed by atoms with Crippen molar-refractivity contribution in [1.82, 2.24) is 15.1 Å². The molecule has 2 atom stereocenters. The van der Waals surface area contributed by atoms with Crippen LogP contribution in [0.1, 0.15) is 51.4 Å². The van der Waals surface area contributed by atoms with E-state index in [-0.39, 0.29) is 18.1 Å². The van der Waals surface area contributed by atoms with Gasteiger partial charge in [-0.2, -0.15) is 4.79 Å². The highest BCUT2D eigenvalue weighted by Crippen LogP contribution is 2.43. The molecule has 0 radical (unpaired) electrons. The Morgan fingerprint density at radius 1 is 1.10 bits per heavy atom. The minimum absolute atomic E-state index is 0.0390. The van der Waals surface area contributed by atoms with Crippen LogP contribution >= 0.6 is 11.8 Å². The van der Waals surface area contributed by atoms with Crippen LogP contribution in [0.4, 0.5) is 0 Å². The number of aryl methyl sites for hydroxylation is 2. The lowest BCUT2D eigenvalue weighted by Gasteiger charge is -2.41. The van der Waals surface area contributed by atoms with Crippen molar-refractivity contribution in [2.24, 2.45) is 0 Å². The Hall–Kier alpha value is -3.13. The molecule has 0 amide bonds. The van der Waals surface area contributed by atoms with Gasteiger partial charge in [-0.15, -0.1) is 5.10 Å². The number of nitrogens with zero attached hydrogens (tertiary/aromatic N) is 3. The molecule has 0 fully saturated rings. The van der Waals surface area contributed by atoms with Gasteiger partial charge in [0.15, 0.2) is 10.8 Å². The zero-order valence-electron chi connectivity index (χ0n) is 17.9. The fourth-order valence-corrected chi connectivity index (χ4v) is 4.90. The van der Waals surface area contributed by atoms with Crippen molar-refractivity contribution in [2.45, 2.75) is 43.5 Å². The topological polar surface area (TPSA) is 86.1 Å². The van der Waals surface area contributed by atoms with E-state index in [1.807, 2.05) is 69.3 Å². The maximum Gasteiger partial charge on any atom is 0.361 e. The van der Waals surface area contributed by atoms with Crippen molar-refractivity contribution in [1.29, 1.82) is 0 Å². The van der Waals surface area contributed by atoms with Crippen LogP contribution in [-0.2, 0) is 10.3 Å². The monoisotopic (exact) mass is 436 g/mol. The van der Waals surface area contributed by atoms with Crippen molar-refractivity contribution in [2.75, 3.05) is 12.0 Å². The molecule has 7 nitrogen and oxygen atoms in total. The summed E-state index contributed by atoms with van der Waals surface area (Å²) in [4.78, 5) is 27.5. The van der Waals surface area contributed by atoms with Gasteiger partial charge in [0, 0.05) is 5.56 Å². The van der Waals surface area contributed by atoms with Gasteiger partial charge >= 0.3 is 5.97 Å². The molecule has 3 aromatic rings. The zero-order valence-corrected chi connectivity index (χ0v) is 18.7. The summed E-state index contributed by atoms with van der Waals surface area (Å²) in [6, 6.07) is 15.6. The number of hydrogen-bond donors (Lipinski definition) is 1. The number of aromatic nitrogens is 3. The molecule has 4 rings (SSSR count). The summed E-state index contributed by atoms with van der Waals surface area (Å²) in [7, 11) is 0. The number of carbonyl (C=O) groups is 2. The number of Topliss-reactive ketones (excluding diaryl/α,β-unsaturated/α-hetero) is 1. The Kier molecular flexibility index (Phi) is 5.58. The van der Waals surface area contributed by atoms with Gasteiger partial charge in [0.2, 0.25) is 5.69 Å². The summed E-state index contributed by atoms with van der Waals surface area (Å²) >= 11 is 1.28. The number of ether oxygens (including phenoxy) is 1. The maximum absolute atomic E-state index is 13.7. The Bertz CT molecular complexity index is 1120. The fraction of sp³-hybridized carbons (Fsp3) is 0.304. The molecule has 0 unspecified atom stereocenters. The molecule has 0 bridgehead atoms. The summed E-state index contributed by atoms with van der Waals surface area (Å²) in [6.45, 7) is 7.94. The summed E-state index contributed by atoms with van der Waals surface area (Å²) in [5.41, 5.74) is 6.41. The lowest BCUT2D eigenvalue weighted by atomic mass is 9.84. The normalized spacial score (nSPS) is 19.9. The van der Waals surface area contributed by atoms with Gasteiger partial charge in [0.1, 0.15) is 5.25 Å². The van der Waals surface area contributed by atoms with Crippen LogP contribution in [0.15, 0.2) is 53.6 Å². The number of fused-ring (bicyclic) bond motifs is 1. The van der Waals surface area contributed by atoms with E-state index in [0.29, 0.717) is 10.6 Å². The van der Waals surface area contributed by atoms with Crippen LogP contribution in [0.2, 0.25) is 0 Å². The highest BCUT2D eigenvalue weighted by atomic mass is 32.2. The summed E-state index contributed by atoms with van der Waals surface area (Å²) < 4.78 is 5.11. The first-order chi connectivity index (χ1) is 14.8. The molecule has 8 heteroatoms. The van der Waals surface area contributed by atoms with Crippen LogP contribution in [0.3, 0.4) is 0 Å². The van der Waals surface area contributed by atoms with E-state index in [1.54, 1.807) is 6.92 Å². The standard InChI is InChI=1S/C23H24N4O3S/c1-5-30-22(29)18-21-27(26-24-18)25-23(4,17-12-8-15(3)9-13-17)20(31-21)19(28)16-10-6-14(2)7-11-16/h6-13,20,25H,5H2,1-4H3/t20-,23-/m1/s1. The average Bonchev–Trinajstić information content (AvgIpc) is 3.16. The molecular formula is C23H24N4O3S. The van der Waals surface area contributed by atoms with Gasteiger partial charge in [-0.05, 0) is 38.5 Å². The lowest BCUT2D eigenvalue weighted by molar-refractivity contribution is 0.0514. The van der Waals surface area contributed by atoms with Crippen molar-refractivity contribution >= 4 is 23.5 Å². The molecular weight excluding hydrogens is 412 g/mol. The molecule has 160 valence electrons. The second-order valence-corrected chi connectivity index (χ2v) is 8.88. The minimum atomic E-state index is -0.785. The minimum Gasteiger partial charge on any atom is -0.461 e. The first-order valence-electron chi connectivity index (χ1n) is 10.1. The van der Waals surface area contributed by atoms with E-state index < -0.39 is 16.8 Å². The van der Waals surface area contributed by atoms with Crippen molar-refractivity contribution in [3.8, 4) is 0 Å². The zero-order chi connectivity index (χ0) is 22.2. The van der Waals surface area contributed by atoms with Crippen LogP contribution < -0.4 is 5.43 Å². The van der Waals surface area contributed by atoms with E-state index in [2.05, 4.69) is 15.7 Å². The van der Waals surface area contributed by atoms with Crippen molar-refractivity contribution < 1.29 is 14.3 Å². The lowest BCUT2D eigenvalue weighted by Crippen LogP contribution is -2.53. The largest absolute Gasteiger partial charge is 0.461 e. The Labute approximate surface area is 185 Å². The molecule has 0 saturated carbocycles. The van der Waals surface area contributed by atoms with Crippen LogP contribution in [0, 0.1) is 13.8 Å². The molecule has 1 aliphatic heterocycles. The van der Waals surface area contributed by atoms with Gasteiger partial charge in [-0.3, -0.25) is 10.2 Å². The molecule has 31 heavy (non-hydrogen) atoms. The van der Waals surface area contributed by atoms with E-state index >= 15 is 0 Å². The summed E-state index contributed by atoms with van der Waals surface area (Å²) in [6.07, 6.45) is 0. The van der Waals surface area contributed by atoms with Gasteiger partial charge in [0.05, 0.1) is 12.1 Å². The Morgan fingerprint density at radius 3 is 2.32 bits per heavy atom.